The molecule has 4 amide bonds. The molecule has 5 atom stereocenters. The Labute approximate surface area is 315 Å². The molecular formula is C39H51Cl2N5O6. The number of hydrogen-bond acceptors (Lipinski definition) is 6. The number of benzene rings is 2. The van der Waals surface area contributed by atoms with Gasteiger partial charge in [-0.15, -0.1) is 0 Å². The van der Waals surface area contributed by atoms with Crippen LogP contribution in [-0.4, -0.2) is 66.2 Å². The van der Waals surface area contributed by atoms with Crippen LogP contribution in [0.5, 0.6) is 0 Å². The maximum absolute atomic E-state index is 14.8. The number of H-pyrrole nitrogens is 1. The lowest BCUT2D eigenvalue weighted by Gasteiger charge is -2.39. The van der Waals surface area contributed by atoms with Crippen molar-refractivity contribution in [3.63, 3.8) is 0 Å². The topological polar surface area (TPSA) is 151 Å². The van der Waals surface area contributed by atoms with Gasteiger partial charge in [-0.1, -0.05) is 94.1 Å². The molecule has 0 bridgehead atoms. The molecule has 282 valence electrons. The molecule has 0 saturated carbocycles. The Kier molecular flexibility index (Phi) is 13.5. The average molecular weight is 757 g/mol. The fraction of sp³-hybridized carbons (Fsp3) is 0.538. The minimum atomic E-state index is -1.49. The maximum atomic E-state index is 14.8. The van der Waals surface area contributed by atoms with Crippen molar-refractivity contribution in [3.8, 4) is 0 Å². The lowest BCUT2D eigenvalue weighted by molar-refractivity contribution is -0.138. The predicted octanol–water partition coefficient (Wildman–Crippen LogP) is 6.23. The third-order valence-corrected chi connectivity index (χ3v) is 11.4. The van der Waals surface area contributed by atoms with E-state index >= 15 is 0 Å². The summed E-state index contributed by atoms with van der Waals surface area (Å²) in [7, 11) is 0. The molecule has 2 unspecified atom stereocenters. The van der Waals surface area contributed by atoms with Gasteiger partial charge in [0.2, 0.25) is 17.7 Å². The van der Waals surface area contributed by atoms with Gasteiger partial charge in [-0.25, -0.2) is 4.79 Å². The van der Waals surface area contributed by atoms with Crippen LogP contribution in [0, 0.1) is 17.8 Å². The van der Waals surface area contributed by atoms with Crippen LogP contribution in [0.15, 0.2) is 42.5 Å². The monoisotopic (exact) mass is 755 g/mol. The van der Waals surface area contributed by atoms with E-state index in [1.54, 1.807) is 12.1 Å². The molecule has 2 heterocycles. The first-order valence-corrected chi connectivity index (χ1v) is 19.1. The minimum Gasteiger partial charge on any atom is -0.445 e. The highest BCUT2D eigenvalue weighted by molar-refractivity contribution is 6.40. The number of amides is 4. The van der Waals surface area contributed by atoms with Crippen molar-refractivity contribution in [1.82, 2.24) is 26.3 Å². The van der Waals surface area contributed by atoms with Gasteiger partial charge >= 0.3 is 6.09 Å². The normalized spacial score (nSPS) is 19.8. The number of alkyl carbamates (subject to hydrolysis) is 1. The number of carbonyl (C=O) groups is 4. The van der Waals surface area contributed by atoms with Crippen molar-refractivity contribution < 1.29 is 28.7 Å². The van der Waals surface area contributed by atoms with Crippen molar-refractivity contribution in [1.29, 1.82) is 0 Å². The molecule has 5 N–H and O–H groups in total. The Morgan fingerprint density at radius 3 is 2.25 bits per heavy atom. The van der Waals surface area contributed by atoms with Crippen molar-refractivity contribution >= 4 is 57.9 Å². The molecule has 11 nitrogen and oxygen atoms in total. The number of carbonyl (C=O) groups excluding carboxylic acids is 4. The zero-order chi connectivity index (χ0) is 37.4. The lowest BCUT2D eigenvalue weighted by Crippen LogP contribution is -2.67. The van der Waals surface area contributed by atoms with E-state index in [4.69, 9.17) is 32.7 Å². The molecule has 1 aromatic heterocycles. The van der Waals surface area contributed by atoms with E-state index in [0.29, 0.717) is 65.9 Å². The Balaban J connectivity index is 1.43. The van der Waals surface area contributed by atoms with Gasteiger partial charge in [0.15, 0.2) is 0 Å². The summed E-state index contributed by atoms with van der Waals surface area (Å²) in [6, 6.07) is 10.8. The first kappa shape index (κ1) is 39.4. The Bertz CT molecular complexity index is 1730. The van der Waals surface area contributed by atoms with Crippen LogP contribution < -0.4 is 21.3 Å². The smallest absolute Gasteiger partial charge is 0.408 e. The summed E-state index contributed by atoms with van der Waals surface area (Å²) in [5.74, 6) is -1.47. The van der Waals surface area contributed by atoms with Gasteiger partial charge in [0.1, 0.15) is 24.2 Å². The molecule has 1 saturated heterocycles. The standard InChI is InChI=1S/C39H51Cl2N5O6/c1-5-23(3)32(35(47)42-21-25-15-18-51-19-16-25)44-37(49)39(17-14-30-27(20-39)31-28(40)12-13-29(41)34(31)43-30)46-36(48)33(24(4)6-2)45-38(50)52-22-26-10-8-7-9-11-26/h7-13,23-25,32-33,43H,5-6,14-22H2,1-4H3,(H,42,47)(H,44,49)(H,45,50)(H,46,48)/t23-,24?,32-,33?,39+/m0/s1. The summed E-state index contributed by atoms with van der Waals surface area (Å²) >= 11 is 13.3. The summed E-state index contributed by atoms with van der Waals surface area (Å²) in [4.78, 5) is 59.2. The second-order valence-corrected chi connectivity index (χ2v) is 15.1. The summed E-state index contributed by atoms with van der Waals surface area (Å²) in [5, 5.41) is 13.6. The fourth-order valence-corrected chi connectivity index (χ4v) is 7.51. The number of rotatable bonds is 14. The fourth-order valence-electron chi connectivity index (χ4n) is 7.03. The number of ether oxygens (including phenoxy) is 2. The SMILES string of the molecule is CCC(C)C(NC(=O)OCc1ccccc1)C(=O)N[C@]1(C(=O)N[C@H](C(=O)NCC2CCOCC2)[C@@H](C)CC)CCc2[nH]c3c(Cl)ccc(Cl)c3c2C1. The number of fused-ring (bicyclic) bond motifs is 3. The highest BCUT2D eigenvalue weighted by atomic mass is 35.5. The second-order valence-electron chi connectivity index (χ2n) is 14.3. The van der Waals surface area contributed by atoms with E-state index in [9.17, 15) is 19.2 Å². The number of nitrogens with one attached hydrogen (secondary N) is 5. The van der Waals surface area contributed by atoms with Crippen LogP contribution in [-0.2, 0) is 43.3 Å². The van der Waals surface area contributed by atoms with Crippen molar-refractivity contribution in [2.75, 3.05) is 19.8 Å². The van der Waals surface area contributed by atoms with E-state index < -0.39 is 35.5 Å². The molecule has 1 fully saturated rings. The first-order valence-electron chi connectivity index (χ1n) is 18.4. The highest BCUT2D eigenvalue weighted by Gasteiger charge is 2.47. The summed E-state index contributed by atoms with van der Waals surface area (Å²) in [6.45, 7) is 9.53. The Hall–Kier alpha value is -3.80. The van der Waals surface area contributed by atoms with Crippen molar-refractivity contribution in [2.45, 2.75) is 96.9 Å². The molecule has 0 radical (unpaired) electrons. The molecular weight excluding hydrogens is 705 g/mol. The van der Waals surface area contributed by atoms with E-state index in [-0.39, 0.29) is 37.2 Å². The largest absolute Gasteiger partial charge is 0.445 e. The van der Waals surface area contributed by atoms with E-state index in [1.807, 2.05) is 58.0 Å². The van der Waals surface area contributed by atoms with Gasteiger partial charge in [0, 0.05) is 37.3 Å². The van der Waals surface area contributed by atoms with Crippen LogP contribution in [0.4, 0.5) is 4.79 Å². The van der Waals surface area contributed by atoms with Gasteiger partial charge in [-0.2, -0.15) is 0 Å². The van der Waals surface area contributed by atoms with Crippen LogP contribution in [0.2, 0.25) is 10.0 Å². The van der Waals surface area contributed by atoms with Crippen LogP contribution >= 0.6 is 23.2 Å². The third-order valence-electron chi connectivity index (χ3n) is 10.8. The average Bonchev–Trinajstić information content (AvgIpc) is 3.55. The van der Waals surface area contributed by atoms with Crippen molar-refractivity contribution in [3.05, 3.63) is 69.3 Å². The number of aromatic amines is 1. The summed E-state index contributed by atoms with van der Waals surface area (Å²) < 4.78 is 10.9. The number of halogens is 2. The summed E-state index contributed by atoms with van der Waals surface area (Å²) in [6.07, 6.45) is 2.90. The molecule has 5 rings (SSSR count). The van der Waals surface area contributed by atoms with Crippen LogP contribution in [0.1, 0.15) is 76.6 Å². The van der Waals surface area contributed by atoms with Crippen LogP contribution in [0.3, 0.4) is 0 Å². The number of aryl methyl sites for hydroxylation is 1. The minimum absolute atomic E-state index is 0.0358. The highest BCUT2D eigenvalue weighted by Crippen LogP contribution is 2.40. The Morgan fingerprint density at radius 1 is 0.923 bits per heavy atom. The van der Waals surface area contributed by atoms with Crippen molar-refractivity contribution in [2.24, 2.45) is 17.8 Å². The quantitative estimate of drug-likeness (QED) is 0.132. The molecule has 52 heavy (non-hydrogen) atoms. The van der Waals surface area contributed by atoms with Gasteiger partial charge in [0.25, 0.3) is 0 Å². The third kappa shape index (κ3) is 9.22. The molecule has 13 heteroatoms. The van der Waals surface area contributed by atoms with E-state index in [1.165, 1.54) is 0 Å². The molecule has 2 aromatic carbocycles. The Morgan fingerprint density at radius 2 is 1.58 bits per heavy atom. The predicted molar refractivity (Wildman–Crippen MR) is 202 cm³/mol. The van der Waals surface area contributed by atoms with Gasteiger partial charge in [-0.3, -0.25) is 14.4 Å². The molecule has 2 aliphatic rings. The zero-order valence-corrected chi connectivity index (χ0v) is 31.9. The van der Waals surface area contributed by atoms with Gasteiger partial charge < -0.3 is 35.7 Å². The molecule has 1 aliphatic heterocycles. The first-order chi connectivity index (χ1) is 25.0. The molecule has 0 spiro atoms. The van der Waals surface area contributed by atoms with E-state index in [0.717, 1.165) is 29.7 Å². The number of aromatic nitrogens is 1. The van der Waals surface area contributed by atoms with Gasteiger partial charge in [-0.05, 0) is 66.7 Å². The second kappa shape index (κ2) is 17.8. The lowest BCUT2D eigenvalue weighted by atomic mass is 9.78. The maximum Gasteiger partial charge on any atom is 0.408 e. The van der Waals surface area contributed by atoms with Gasteiger partial charge in [0.05, 0.1) is 15.6 Å². The van der Waals surface area contributed by atoms with E-state index in [2.05, 4.69) is 26.3 Å². The molecule has 3 aromatic rings. The van der Waals surface area contributed by atoms with Crippen LogP contribution in [0.25, 0.3) is 10.9 Å². The zero-order valence-electron chi connectivity index (χ0n) is 30.4. The summed E-state index contributed by atoms with van der Waals surface area (Å²) in [5.41, 5.74) is 1.62. The molecule has 1 aliphatic carbocycles. The number of hydrogen-bond donors (Lipinski definition) is 5.